The van der Waals surface area contributed by atoms with Gasteiger partial charge in [-0.25, -0.2) is 0 Å². The van der Waals surface area contributed by atoms with Crippen LogP contribution >= 0.6 is 0 Å². The lowest BCUT2D eigenvalue weighted by Gasteiger charge is -2.06. The fourth-order valence-corrected chi connectivity index (χ4v) is 1.68. The molecule has 0 saturated heterocycles. The fourth-order valence-electron chi connectivity index (χ4n) is 1.68. The molecule has 1 nitrogen and oxygen atoms in total. The predicted octanol–water partition coefficient (Wildman–Crippen LogP) is 2.38. The van der Waals surface area contributed by atoms with E-state index in [0.29, 0.717) is 16.8 Å². The maximum absolute atomic E-state index is 5.89. The Bertz CT molecular complexity index is 609. The molecule has 0 amide bonds. The Hall–Kier alpha value is -2.38. The Morgan fingerprint density at radius 2 is 1.80 bits per heavy atom. The number of hydrogen-bond donors (Lipinski definition) is 1. The summed E-state index contributed by atoms with van der Waals surface area (Å²) < 4.78 is 0. The number of hydrogen-bond acceptors (Lipinski definition) is 1. The van der Waals surface area contributed by atoms with Crippen molar-refractivity contribution in [2.75, 3.05) is 5.73 Å². The van der Waals surface area contributed by atoms with Gasteiger partial charge in [0, 0.05) is 22.2 Å². The second kappa shape index (κ2) is 3.40. The van der Waals surface area contributed by atoms with Crippen LogP contribution in [0.15, 0.2) is 30.3 Å². The van der Waals surface area contributed by atoms with Crippen LogP contribution in [-0.2, 0) is 0 Å². The number of anilines is 1. The van der Waals surface area contributed by atoms with Crippen LogP contribution in [0.25, 0.3) is 10.8 Å². The first-order valence-corrected chi connectivity index (χ1v) is 4.52. The van der Waals surface area contributed by atoms with Crippen LogP contribution in [0.1, 0.15) is 11.1 Å². The van der Waals surface area contributed by atoms with Crippen molar-refractivity contribution in [3.63, 3.8) is 0 Å². The number of benzene rings is 2. The number of fused-ring (bicyclic) bond motifs is 1. The van der Waals surface area contributed by atoms with Crippen molar-refractivity contribution in [1.82, 2.24) is 0 Å². The smallest absolute Gasteiger partial charge is 0.0498 e. The van der Waals surface area contributed by atoms with Crippen LogP contribution < -0.4 is 5.73 Å². The van der Waals surface area contributed by atoms with Gasteiger partial charge >= 0.3 is 0 Å². The van der Waals surface area contributed by atoms with Crippen molar-refractivity contribution in [3.05, 3.63) is 41.5 Å². The van der Waals surface area contributed by atoms with E-state index in [-0.39, 0.29) is 0 Å². The molecule has 0 fully saturated rings. The molecule has 2 rings (SSSR count). The summed E-state index contributed by atoms with van der Waals surface area (Å²) in [5, 5.41) is 1.89. The molecular weight excluding hydrogens is 182 g/mol. The molecule has 0 radical (unpaired) electrons. The molecule has 0 spiro atoms. The van der Waals surface area contributed by atoms with Gasteiger partial charge in [-0.05, 0) is 17.5 Å². The lowest BCUT2D eigenvalue weighted by Crippen LogP contribution is -1.92. The minimum atomic E-state index is 0.664. The molecule has 0 aliphatic heterocycles. The van der Waals surface area contributed by atoms with E-state index in [2.05, 4.69) is 11.8 Å². The Morgan fingerprint density at radius 3 is 2.47 bits per heavy atom. The van der Waals surface area contributed by atoms with Gasteiger partial charge in [-0.15, -0.1) is 12.8 Å². The molecule has 2 aromatic carbocycles. The van der Waals surface area contributed by atoms with Gasteiger partial charge in [0.05, 0.1) is 0 Å². The van der Waals surface area contributed by atoms with Crippen molar-refractivity contribution in [3.8, 4) is 24.7 Å². The Morgan fingerprint density at radius 1 is 1.00 bits per heavy atom. The lowest BCUT2D eigenvalue weighted by atomic mass is 9.98. The van der Waals surface area contributed by atoms with E-state index in [4.69, 9.17) is 18.6 Å². The monoisotopic (exact) mass is 191 g/mol. The van der Waals surface area contributed by atoms with Crippen LogP contribution in [0.2, 0.25) is 0 Å². The van der Waals surface area contributed by atoms with E-state index in [1.165, 1.54) is 0 Å². The molecule has 0 atom stereocenters. The first-order valence-electron chi connectivity index (χ1n) is 4.52. The maximum atomic E-state index is 5.89. The van der Waals surface area contributed by atoms with E-state index in [9.17, 15) is 0 Å². The molecule has 70 valence electrons. The molecular formula is C14H9N. The summed E-state index contributed by atoms with van der Waals surface area (Å²) in [6.45, 7) is 0. The zero-order chi connectivity index (χ0) is 10.8. The SMILES string of the molecule is C#Cc1ccc2cccc(N)c2c1C#C. The van der Waals surface area contributed by atoms with Crippen LogP contribution in [0.4, 0.5) is 5.69 Å². The van der Waals surface area contributed by atoms with Gasteiger partial charge in [0.25, 0.3) is 0 Å². The number of rotatable bonds is 0. The van der Waals surface area contributed by atoms with Gasteiger partial charge < -0.3 is 5.73 Å². The van der Waals surface area contributed by atoms with E-state index in [1.807, 2.05) is 30.3 Å². The van der Waals surface area contributed by atoms with Crippen molar-refractivity contribution in [2.24, 2.45) is 0 Å². The average molecular weight is 191 g/mol. The molecule has 1 heteroatoms. The van der Waals surface area contributed by atoms with E-state index in [1.54, 1.807) is 0 Å². The molecule has 0 bridgehead atoms. The summed E-state index contributed by atoms with van der Waals surface area (Å²) in [6.07, 6.45) is 10.8. The Balaban J connectivity index is 3.01. The van der Waals surface area contributed by atoms with Crippen molar-refractivity contribution in [2.45, 2.75) is 0 Å². The fraction of sp³-hybridized carbons (Fsp3) is 0. The molecule has 0 saturated carbocycles. The third-order valence-electron chi connectivity index (χ3n) is 2.38. The highest BCUT2D eigenvalue weighted by atomic mass is 14.5. The number of nitrogens with two attached hydrogens (primary N) is 1. The standard InChI is InChI=1S/C14H9N/c1-3-10-8-9-11-6-5-7-13(15)14(11)12(10)4-2/h1-2,5-9H,15H2. The van der Waals surface area contributed by atoms with Crippen LogP contribution in [0.5, 0.6) is 0 Å². The summed E-state index contributed by atoms with van der Waals surface area (Å²) in [7, 11) is 0. The van der Waals surface area contributed by atoms with Crippen molar-refractivity contribution >= 4 is 16.5 Å². The summed E-state index contributed by atoms with van der Waals surface area (Å²) in [5.41, 5.74) is 7.97. The quantitative estimate of drug-likeness (QED) is 0.502. The molecule has 2 aromatic rings. The number of terminal acetylenes is 2. The van der Waals surface area contributed by atoms with Crippen molar-refractivity contribution in [1.29, 1.82) is 0 Å². The topological polar surface area (TPSA) is 26.0 Å². The molecule has 15 heavy (non-hydrogen) atoms. The van der Waals surface area contributed by atoms with Gasteiger partial charge in [0.1, 0.15) is 0 Å². The van der Waals surface area contributed by atoms with Crippen LogP contribution in [0, 0.1) is 24.7 Å². The zero-order valence-electron chi connectivity index (χ0n) is 8.12. The van der Waals surface area contributed by atoms with Gasteiger partial charge in [-0.2, -0.15) is 0 Å². The second-order valence-electron chi connectivity index (χ2n) is 3.22. The number of nitrogen functional groups attached to an aromatic ring is 1. The normalized spacial score (nSPS) is 9.47. The lowest BCUT2D eigenvalue weighted by molar-refractivity contribution is 1.64. The van der Waals surface area contributed by atoms with Gasteiger partial charge in [0.15, 0.2) is 0 Å². The minimum absolute atomic E-state index is 0.664. The Labute approximate surface area is 88.9 Å². The molecule has 0 aliphatic carbocycles. The van der Waals surface area contributed by atoms with Crippen molar-refractivity contribution < 1.29 is 0 Å². The predicted molar refractivity (Wildman–Crippen MR) is 64.2 cm³/mol. The van der Waals surface area contributed by atoms with Gasteiger partial charge in [0.2, 0.25) is 0 Å². The average Bonchev–Trinajstić information content (AvgIpc) is 2.28. The third kappa shape index (κ3) is 1.31. The van der Waals surface area contributed by atoms with Gasteiger partial charge in [-0.1, -0.05) is 30.0 Å². The molecule has 2 N–H and O–H groups in total. The van der Waals surface area contributed by atoms with E-state index >= 15 is 0 Å². The molecule has 0 aliphatic rings. The summed E-state index contributed by atoms with van der Waals surface area (Å²) >= 11 is 0. The van der Waals surface area contributed by atoms with Gasteiger partial charge in [-0.3, -0.25) is 0 Å². The summed E-state index contributed by atoms with van der Waals surface area (Å²) in [5.74, 6) is 5.18. The van der Waals surface area contributed by atoms with E-state index in [0.717, 1.165) is 10.8 Å². The first-order chi connectivity index (χ1) is 7.27. The third-order valence-corrected chi connectivity index (χ3v) is 2.38. The zero-order valence-corrected chi connectivity index (χ0v) is 8.12. The largest absolute Gasteiger partial charge is 0.398 e. The summed E-state index contributed by atoms with van der Waals surface area (Å²) in [4.78, 5) is 0. The molecule has 0 aromatic heterocycles. The first kappa shape index (κ1) is 9.19. The molecule has 0 heterocycles. The maximum Gasteiger partial charge on any atom is 0.0498 e. The molecule has 0 unspecified atom stereocenters. The summed E-state index contributed by atoms with van der Waals surface area (Å²) in [6, 6.07) is 9.46. The highest BCUT2D eigenvalue weighted by molar-refractivity contribution is 5.98. The van der Waals surface area contributed by atoms with Crippen LogP contribution in [-0.4, -0.2) is 0 Å². The van der Waals surface area contributed by atoms with E-state index < -0.39 is 0 Å². The highest BCUT2D eigenvalue weighted by Gasteiger charge is 2.06. The van der Waals surface area contributed by atoms with Crippen LogP contribution in [0.3, 0.4) is 0 Å². The minimum Gasteiger partial charge on any atom is -0.398 e. The Kier molecular flexibility index (Phi) is 2.08. The second-order valence-corrected chi connectivity index (χ2v) is 3.22. The highest BCUT2D eigenvalue weighted by Crippen LogP contribution is 2.26.